The van der Waals surface area contributed by atoms with Gasteiger partial charge in [0.1, 0.15) is 11.6 Å². The third-order valence-corrected chi connectivity index (χ3v) is 6.92. The molecule has 10 nitrogen and oxygen atoms in total. The number of nitrogens with zero attached hydrogens (tertiary/aromatic N) is 2. The van der Waals surface area contributed by atoms with Crippen LogP contribution < -0.4 is 20.9 Å². The molecule has 0 aromatic heterocycles. The van der Waals surface area contributed by atoms with Crippen LogP contribution in [0, 0.1) is 11.6 Å². The van der Waals surface area contributed by atoms with Gasteiger partial charge in [-0.2, -0.15) is 13.2 Å². The number of nitrogens with one attached hydrogen (secondary N) is 3. The van der Waals surface area contributed by atoms with E-state index in [4.69, 9.17) is 16.3 Å². The lowest BCUT2D eigenvalue weighted by Gasteiger charge is -2.37. The lowest BCUT2D eigenvalue weighted by molar-refractivity contribution is -0.138. The van der Waals surface area contributed by atoms with E-state index in [2.05, 4.69) is 16.0 Å². The number of carbonyl (C=O) groups is 3. The van der Waals surface area contributed by atoms with E-state index in [1.54, 1.807) is 31.7 Å². The maximum Gasteiger partial charge on any atom is 0.408 e. The molecule has 0 aliphatic carbocycles. The van der Waals surface area contributed by atoms with Gasteiger partial charge in [-0.3, -0.25) is 14.5 Å². The summed E-state index contributed by atoms with van der Waals surface area (Å²) < 4.78 is 72.8. The van der Waals surface area contributed by atoms with Crippen molar-refractivity contribution in [3.8, 4) is 0 Å². The van der Waals surface area contributed by atoms with Crippen LogP contribution in [0.1, 0.15) is 43.1 Å². The number of benzene rings is 2. The number of anilines is 2. The number of aliphatic hydroxyl groups excluding tert-OH is 1. The lowest BCUT2D eigenvalue weighted by Crippen LogP contribution is -2.50. The highest BCUT2D eigenvalue weighted by Gasteiger charge is 2.30. The van der Waals surface area contributed by atoms with Crippen LogP contribution in [0.3, 0.4) is 0 Å². The molecule has 2 aromatic carbocycles. The zero-order valence-electron chi connectivity index (χ0n) is 24.9. The molecule has 3 amide bonds. The third-order valence-electron chi connectivity index (χ3n) is 6.68. The summed E-state index contributed by atoms with van der Waals surface area (Å²) >= 11 is 6.16. The molecule has 248 valence electrons. The van der Waals surface area contributed by atoms with E-state index >= 15 is 4.39 Å². The molecule has 2 aromatic rings. The highest BCUT2D eigenvalue weighted by atomic mass is 35.5. The van der Waals surface area contributed by atoms with E-state index in [9.17, 15) is 37.1 Å². The molecule has 1 saturated heterocycles. The summed E-state index contributed by atoms with van der Waals surface area (Å²) in [6, 6.07) is 5.24. The Bertz CT molecular complexity index is 1380. The van der Waals surface area contributed by atoms with Crippen molar-refractivity contribution in [3.05, 3.63) is 58.1 Å². The van der Waals surface area contributed by atoms with E-state index in [-0.39, 0.29) is 17.8 Å². The van der Waals surface area contributed by atoms with Gasteiger partial charge in [0.25, 0.3) is 5.91 Å². The smallest absolute Gasteiger partial charge is 0.408 e. The van der Waals surface area contributed by atoms with Crippen LogP contribution in [-0.2, 0) is 16.1 Å². The van der Waals surface area contributed by atoms with Crippen LogP contribution in [0.2, 0.25) is 5.02 Å². The molecule has 1 aliphatic heterocycles. The maximum absolute atomic E-state index is 15.0. The molecule has 0 saturated carbocycles. The van der Waals surface area contributed by atoms with Crippen LogP contribution in [0.25, 0.3) is 0 Å². The number of carbonyl (C=O) groups excluding carboxylic acids is 3. The topological polar surface area (TPSA) is 123 Å². The number of halogens is 6. The molecule has 0 unspecified atom stereocenters. The number of aliphatic hydroxyl groups is 1. The Kier molecular flexibility index (Phi) is 12.0. The summed E-state index contributed by atoms with van der Waals surface area (Å²) in [4.78, 5) is 40.8. The molecule has 45 heavy (non-hydrogen) atoms. The SMILES string of the molecule is CC(C)(C)OC(=O)N[C@@H](CO)C(=O)NCc1ccc(C(=O)Nc2ccc(Cl)cc2N2CCN(CCC(F)(F)F)CC2)c(F)c1F. The molecule has 1 heterocycles. The summed E-state index contributed by atoms with van der Waals surface area (Å²) in [5, 5.41) is 16.8. The molecule has 0 radical (unpaired) electrons. The zero-order chi connectivity index (χ0) is 33.5. The van der Waals surface area contributed by atoms with E-state index in [0.717, 1.165) is 12.1 Å². The van der Waals surface area contributed by atoms with Gasteiger partial charge in [-0.05, 0) is 45.0 Å². The number of alkyl halides is 3. The summed E-state index contributed by atoms with van der Waals surface area (Å²) in [5.41, 5.74) is -1.09. The number of hydrogen-bond acceptors (Lipinski definition) is 7. The molecule has 3 rings (SSSR count). The van der Waals surface area contributed by atoms with Gasteiger partial charge in [0.05, 0.1) is 30.0 Å². The fourth-order valence-corrected chi connectivity index (χ4v) is 4.58. The Morgan fingerprint density at radius 1 is 1.02 bits per heavy atom. The minimum Gasteiger partial charge on any atom is -0.444 e. The van der Waals surface area contributed by atoms with Crippen LogP contribution in [0.15, 0.2) is 30.3 Å². The molecule has 16 heteroatoms. The molecule has 4 N–H and O–H groups in total. The Balaban J connectivity index is 1.65. The number of hydrogen-bond donors (Lipinski definition) is 4. The minimum absolute atomic E-state index is 0.133. The van der Waals surface area contributed by atoms with Gasteiger partial charge in [-0.1, -0.05) is 17.7 Å². The first-order valence-electron chi connectivity index (χ1n) is 14.0. The highest BCUT2D eigenvalue weighted by Crippen LogP contribution is 2.31. The van der Waals surface area contributed by atoms with Gasteiger partial charge in [0, 0.05) is 49.9 Å². The standard InChI is InChI=1S/C29H35ClF5N5O5/c1-28(2,3)45-27(44)38-21(16-41)26(43)36-15-17-4-6-19(24(32)23(17)31)25(42)37-20-7-5-18(30)14-22(20)40-12-10-39(11-13-40)9-8-29(33,34)35/h4-7,14,21,41H,8-13,15-16H2,1-3H3,(H,36,43)(H,37,42)(H,38,44)/t21-/m0/s1. The minimum atomic E-state index is -4.26. The Labute approximate surface area is 261 Å². The van der Waals surface area contributed by atoms with Crippen LogP contribution in [-0.4, -0.2) is 85.1 Å². The zero-order valence-corrected chi connectivity index (χ0v) is 25.6. The van der Waals surface area contributed by atoms with Crippen molar-refractivity contribution < 1.29 is 46.2 Å². The second kappa shape index (κ2) is 15.1. The van der Waals surface area contributed by atoms with Crippen molar-refractivity contribution in [3.63, 3.8) is 0 Å². The largest absolute Gasteiger partial charge is 0.444 e. The second-order valence-corrected chi connectivity index (χ2v) is 11.7. The molecular formula is C29H35ClF5N5O5. The molecule has 1 atom stereocenters. The summed E-state index contributed by atoms with van der Waals surface area (Å²) in [7, 11) is 0. The number of ether oxygens (including phenoxy) is 1. The maximum atomic E-state index is 15.0. The van der Waals surface area contributed by atoms with Gasteiger partial charge in [0.2, 0.25) is 5.91 Å². The third kappa shape index (κ3) is 10.7. The Hall–Kier alpha value is -3.69. The van der Waals surface area contributed by atoms with Crippen LogP contribution >= 0.6 is 11.6 Å². The normalized spacial score (nSPS) is 14.9. The van der Waals surface area contributed by atoms with Crippen molar-refractivity contribution >= 4 is 40.9 Å². The molecular weight excluding hydrogens is 629 g/mol. The first-order valence-corrected chi connectivity index (χ1v) is 14.3. The van der Waals surface area contributed by atoms with Gasteiger partial charge in [-0.25, -0.2) is 13.6 Å². The molecule has 0 bridgehead atoms. The fraction of sp³-hybridized carbons (Fsp3) is 0.483. The predicted octanol–water partition coefficient (Wildman–Crippen LogP) is 4.45. The van der Waals surface area contributed by atoms with Crippen molar-refractivity contribution in [2.24, 2.45) is 0 Å². The predicted molar refractivity (Wildman–Crippen MR) is 157 cm³/mol. The molecule has 1 fully saturated rings. The van der Waals surface area contributed by atoms with Gasteiger partial charge < -0.3 is 30.7 Å². The van der Waals surface area contributed by atoms with Gasteiger partial charge in [-0.15, -0.1) is 0 Å². The van der Waals surface area contributed by atoms with Crippen LogP contribution in [0.5, 0.6) is 0 Å². The lowest BCUT2D eigenvalue weighted by atomic mass is 10.1. The van der Waals surface area contributed by atoms with E-state index < -0.39 is 72.5 Å². The van der Waals surface area contributed by atoms with Crippen LogP contribution in [0.4, 0.5) is 38.1 Å². The number of piperazine rings is 1. The van der Waals surface area contributed by atoms with Gasteiger partial charge >= 0.3 is 12.3 Å². The van der Waals surface area contributed by atoms with Crippen molar-refractivity contribution in [1.82, 2.24) is 15.5 Å². The number of alkyl carbamates (subject to hydrolysis) is 1. The number of rotatable bonds is 10. The van der Waals surface area contributed by atoms with Gasteiger partial charge in [0.15, 0.2) is 11.6 Å². The monoisotopic (exact) mass is 663 g/mol. The highest BCUT2D eigenvalue weighted by molar-refractivity contribution is 6.31. The average Bonchev–Trinajstić information content (AvgIpc) is 2.95. The first kappa shape index (κ1) is 35.8. The summed E-state index contributed by atoms with van der Waals surface area (Å²) in [6.45, 7) is 4.72. The quantitative estimate of drug-likeness (QED) is 0.277. The van der Waals surface area contributed by atoms with Crippen molar-refractivity contribution in [1.29, 1.82) is 0 Å². The van der Waals surface area contributed by atoms with E-state index in [1.165, 1.54) is 12.1 Å². The Morgan fingerprint density at radius 2 is 1.69 bits per heavy atom. The number of amides is 3. The molecule has 1 aliphatic rings. The van der Waals surface area contributed by atoms with Crippen molar-refractivity contribution in [2.75, 3.05) is 49.5 Å². The van der Waals surface area contributed by atoms with Crippen molar-refractivity contribution in [2.45, 2.75) is 51.6 Å². The van der Waals surface area contributed by atoms with E-state index in [1.807, 2.05) is 4.90 Å². The average molecular weight is 664 g/mol. The second-order valence-electron chi connectivity index (χ2n) is 11.3. The summed E-state index contributed by atoms with van der Waals surface area (Å²) in [6.07, 6.45) is -6.14. The first-order chi connectivity index (χ1) is 21.0. The van der Waals surface area contributed by atoms with E-state index in [0.29, 0.717) is 36.9 Å². The Morgan fingerprint density at radius 3 is 2.29 bits per heavy atom. The summed E-state index contributed by atoms with van der Waals surface area (Å²) in [5.74, 6) is -4.73. The fourth-order valence-electron chi connectivity index (χ4n) is 4.41. The molecule has 0 spiro atoms.